The van der Waals surface area contributed by atoms with Gasteiger partial charge in [0.15, 0.2) is 6.04 Å². The Hall–Kier alpha value is -2.35. The van der Waals surface area contributed by atoms with Gasteiger partial charge >= 0.3 is 5.91 Å². The fourth-order valence-corrected chi connectivity index (χ4v) is 4.86. The van der Waals surface area contributed by atoms with E-state index in [2.05, 4.69) is 0 Å². The van der Waals surface area contributed by atoms with Crippen LogP contribution in [-0.4, -0.2) is 47.5 Å². The zero-order chi connectivity index (χ0) is 22.6. The maximum absolute atomic E-state index is 12.9. The summed E-state index contributed by atoms with van der Waals surface area (Å²) >= 11 is 1.65. The summed E-state index contributed by atoms with van der Waals surface area (Å²) in [7, 11) is 0. The van der Waals surface area contributed by atoms with Gasteiger partial charge in [0, 0.05) is 5.75 Å². The molecule has 0 aromatic heterocycles. The Morgan fingerprint density at radius 2 is 1.75 bits per heavy atom. The summed E-state index contributed by atoms with van der Waals surface area (Å²) in [4.78, 5) is 27.2. The molecule has 1 aliphatic heterocycles. The van der Waals surface area contributed by atoms with Crippen LogP contribution in [0, 0.1) is 0 Å². The van der Waals surface area contributed by atoms with E-state index in [9.17, 15) is 9.59 Å². The minimum absolute atomic E-state index is 0.00245. The van der Waals surface area contributed by atoms with Crippen molar-refractivity contribution in [3.8, 4) is 5.75 Å². The maximum Gasteiger partial charge on any atom is 0.333 e. The van der Waals surface area contributed by atoms with E-state index in [1.165, 1.54) is 0 Å². The van der Waals surface area contributed by atoms with E-state index in [1.807, 2.05) is 54.6 Å². The van der Waals surface area contributed by atoms with Crippen LogP contribution < -0.4 is 15.8 Å². The molecule has 1 unspecified atom stereocenters. The van der Waals surface area contributed by atoms with E-state index >= 15 is 0 Å². The molecule has 0 spiro atoms. The molecule has 172 valence electrons. The summed E-state index contributed by atoms with van der Waals surface area (Å²) < 4.78 is 5.82. The predicted molar refractivity (Wildman–Crippen MR) is 128 cm³/mol. The Labute approximate surface area is 194 Å². The van der Waals surface area contributed by atoms with Crippen LogP contribution in [0.25, 0.3) is 0 Å². The van der Waals surface area contributed by atoms with Crippen LogP contribution in [0.15, 0.2) is 54.6 Å². The van der Waals surface area contributed by atoms with Gasteiger partial charge in [-0.1, -0.05) is 48.9 Å². The molecule has 0 saturated carbocycles. The number of nitrogens with two attached hydrogens (primary N) is 2. The molecule has 7 heteroatoms. The standard InChI is InChI=1S/C25H33N3O3S/c26-14-6-1-2-7-15-27-25(30)23-18-32-19-28(23)24(29)16-20-10-12-22(13-11-20)31-17-21-8-4-3-5-9-21/h3-5,8-13,23H,1-2,6-7,14-19,26H2,(H,27,30)/p+1. The van der Waals surface area contributed by atoms with Crippen molar-refractivity contribution >= 4 is 23.6 Å². The number of benzene rings is 2. The lowest BCUT2D eigenvalue weighted by molar-refractivity contribution is -0.571. The Bertz CT molecular complexity index is 845. The van der Waals surface area contributed by atoms with Crippen molar-refractivity contribution in [3.05, 3.63) is 65.7 Å². The number of unbranched alkanes of at least 4 members (excludes halogenated alkanes) is 3. The van der Waals surface area contributed by atoms with Crippen LogP contribution in [0.2, 0.25) is 0 Å². The van der Waals surface area contributed by atoms with E-state index in [-0.39, 0.29) is 17.9 Å². The van der Waals surface area contributed by atoms with E-state index in [0.717, 1.165) is 55.6 Å². The summed E-state index contributed by atoms with van der Waals surface area (Å²) in [5.74, 6) is 2.11. The van der Waals surface area contributed by atoms with Crippen molar-refractivity contribution in [2.24, 2.45) is 5.73 Å². The first kappa shape index (κ1) is 24.3. The third-order valence-corrected chi connectivity index (χ3v) is 6.57. The molecule has 2 aromatic rings. The quantitative estimate of drug-likeness (QED) is 0.479. The number of thioether (sulfide) groups is 1. The number of primary amides is 1. The van der Waals surface area contributed by atoms with Crippen LogP contribution in [0.1, 0.15) is 36.8 Å². The zero-order valence-electron chi connectivity index (χ0n) is 18.6. The molecule has 4 N–H and O–H groups in total. The van der Waals surface area contributed by atoms with Crippen LogP contribution in [0.5, 0.6) is 5.75 Å². The molecule has 3 rings (SSSR count). The fraction of sp³-hybridized carbons (Fsp3) is 0.440. The highest BCUT2D eigenvalue weighted by molar-refractivity contribution is 7.99. The molecule has 2 amide bonds. The third kappa shape index (κ3) is 7.65. The normalized spacial score (nSPS) is 15.7. The molecule has 6 nitrogen and oxygen atoms in total. The molecule has 0 radical (unpaired) electrons. The lowest BCUT2D eigenvalue weighted by atomic mass is 10.1. The second-order valence-corrected chi connectivity index (χ2v) is 9.07. The molecule has 1 atom stereocenters. The van der Waals surface area contributed by atoms with Crippen LogP contribution in [-0.2, 0) is 22.6 Å². The number of hydrogen-bond acceptors (Lipinski definition) is 5. The van der Waals surface area contributed by atoms with Crippen LogP contribution in [0.4, 0.5) is 0 Å². The van der Waals surface area contributed by atoms with Gasteiger partial charge in [-0.2, -0.15) is 0 Å². The first-order valence-corrected chi connectivity index (χ1v) is 12.5. The third-order valence-electron chi connectivity index (χ3n) is 5.56. The van der Waals surface area contributed by atoms with Gasteiger partial charge in [-0.25, -0.2) is 4.79 Å². The lowest BCUT2D eigenvalue weighted by Crippen LogP contribution is -2.91. The smallest absolute Gasteiger partial charge is 0.333 e. The van der Waals surface area contributed by atoms with Crippen molar-refractivity contribution in [1.29, 1.82) is 0 Å². The second kappa shape index (κ2) is 13.3. The molecule has 2 aromatic carbocycles. The Balaban J connectivity index is 1.44. The van der Waals surface area contributed by atoms with E-state index in [1.54, 1.807) is 22.0 Å². The van der Waals surface area contributed by atoms with Crippen molar-refractivity contribution in [3.63, 3.8) is 0 Å². The average molecular weight is 457 g/mol. The minimum Gasteiger partial charge on any atom is -0.489 e. The van der Waals surface area contributed by atoms with Crippen LogP contribution >= 0.6 is 11.8 Å². The number of nitrogens with zero attached hydrogens (tertiary/aromatic N) is 1. The molecule has 1 fully saturated rings. The number of carbonyl (C=O) groups is 2. The summed E-state index contributed by atoms with van der Waals surface area (Å²) in [6.45, 7) is 2.01. The van der Waals surface area contributed by atoms with Gasteiger partial charge in [0.2, 0.25) is 5.91 Å². The first-order chi connectivity index (χ1) is 15.7. The van der Waals surface area contributed by atoms with Gasteiger partial charge in [-0.15, -0.1) is 11.8 Å². The van der Waals surface area contributed by atoms with Gasteiger partial charge in [0.05, 0.1) is 18.8 Å². The molecule has 0 aliphatic carbocycles. The maximum atomic E-state index is 12.9. The van der Waals surface area contributed by atoms with Crippen molar-refractivity contribution in [2.45, 2.75) is 44.8 Å². The number of hydrogen-bond donors (Lipinski definition) is 2. The van der Waals surface area contributed by atoms with Crippen molar-refractivity contribution in [2.75, 3.05) is 24.7 Å². The number of carbonyl (C=O) groups excluding carboxylic acids is 2. The largest absolute Gasteiger partial charge is 0.489 e. The number of amides is 2. The Morgan fingerprint density at radius 3 is 2.50 bits per heavy atom. The number of ether oxygens (including phenoxy) is 1. The molecule has 0 bridgehead atoms. The number of quaternary nitrogens is 1. The first-order valence-electron chi connectivity index (χ1n) is 11.4. The van der Waals surface area contributed by atoms with Crippen molar-refractivity contribution < 1.29 is 19.6 Å². The van der Waals surface area contributed by atoms with E-state index in [4.69, 9.17) is 10.5 Å². The van der Waals surface area contributed by atoms with Gasteiger partial charge in [0.1, 0.15) is 12.4 Å². The van der Waals surface area contributed by atoms with E-state index < -0.39 is 0 Å². The topological polar surface area (TPSA) is 89.2 Å². The summed E-state index contributed by atoms with van der Waals surface area (Å²) in [6.07, 6.45) is 4.53. The summed E-state index contributed by atoms with van der Waals surface area (Å²) in [5, 5.41) is 1.78. The second-order valence-electron chi connectivity index (χ2n) is 8.07. The Morgan fingerprint density at radius 1 is 1.00 bits per heavy atom. The average Bonchev–Trinajstić information content (AvgIpc) is 3.32. The predicted octanol–water partition coefficient (Wildman–Crippen LogP) is 2.32. The highest BCUT2D eigenvalue weighted by Gasteiger charge is 2.36. The Kier molecular flexibility index (Phi) is 10.1. The lowest BCUT2D eigenvalue weighted by Gasteiger charge is -2.21. The monoisotopic (exact) mass is 456 g/mol. The molecular weight excluding hydrogens is 422 g/mol. The summed E-state index contributed by atoms with van der Waals surface area (Å²) in [5.41, 5.74) is 7.55. The van der Waals surface area contributed by atoms with Gasteiger partial charge in [-0.3, -0.25) is 10.1 Å². The highest BCUT2D eigenvalue weighted by Crippen LogP contribution is 2.22. The van der Waals surface area contributed by atoms with Crippen LogP contribution in [0.3, 0.4) is 0 Å². The highest BCUT2D eigenvalue weighted by atomic mass is 32.2. The zero-order valence-corrected chi connectivity index (χ0v) is 19.4. The SMILES string of the molecule is NCCCCCC[NH2+]C(=O)C1CSCN1C(=O)Cc1ccc(OCc2ccccc2)cc1. The molecule has 1 heterocycles. The molecule has 1 aliphatic rings. The van der Waals surface area contributed by atoms with E-state index in [0.29, 0.717) is 24.7 Å². The fourth-order valence-electron chi connectivity index (χ4n) is 3.67. The van der Waals surface area contributed by atoms with Gasteiger partial charge in [-0.05, 0) is 49.1 Å². The summed E-state index contributed by atoms with van der Waals surface area (Å²) in [6, 6.07) is 17.3. The molecule has 1 saturated heterocycles. The minimum atomic E-state index is -0.329. The molecule has 32 heavy (non-hydrogen) atoms. The van der Waals surface area contributed by atoms with Gasteiger partial charge < -0.3 is 15.4 Å². The number of rotatable bonds is 12. The molecular formula is C25H34N3O3S+. The van der Waals surface area contributed by atoms with Gasteiger partial charge in [0.25, 0.3) is 0 Å². The van der Waals surface area contributed by atoms with Crippen molar-refractivity contribution in [1.82, 2.24) is 4.90 Å².